The molecule has 0 bridgehead atoms. The molecule has 140 valence electrons. The highest BCUT2D eigenvalue weighted by molar-refractivity contribution is 9.10. The predicted molar refractivity (Wildman–Crippen MR) is 115 cm³/mol. The number of benzene rings is 2. The summed E-state index contributed by atoms with van der Waals surface area (Å²) >= 11 is 10.4. The van der Waals surface area contributed by atoms with Gasteiger partial charge in [-0.2, -0.15) is 0 Å². The SMILES string of the molecule is O=C1S/C(=C/c2ccc(-c3ccc(Br)cc3)o2)C(=O)N1Cc1ccccc1Cl. The van der Waals surface area contributed by atoms with Gasteiger partial charge in [0.15, 0.2) is 0 Å². The minimum Gasteiger partial charge on any atom is -0.457 e. The van der Waals surface area contributed by atoms with Crippen LogP contribution in [-0.4, -0.2) is 16.0 Å². The highest BCUT2D eigenvalue weighted by Gasteiger charge is 2.35. The number of amides is 2. The Hall–Kier alpha value is -2.28. The Balaban J connectivity index is 1.54. The van der Waals surface area contributed by atoms with Gasteiger partial charge in [0.2, 0.25) is 0 Å². The van der Waals surface area contributed by atoms with Crippen LogP contribution in [0.2, 0.25) is 5.02 Å². The quantitative estimate of drug-likeness (QED) is 0.400. The summed E-state index contributed by atoms with van der Waals surface area (Å²) in [6.45, 7) is 0.143. The fraction of sp³-hybridized carbons (Fsp3) is 0.0476. The molecule has 0 spiro atoms. The molecule has 2 heterocycles. The number of rotatable bonds is 4. The molecule has 4 nitrogen and oxygen atoms in total. The van der Waals surface area contributed by atoms with E-state index in [9.17, 15) is 9.59 Å². The number of carbonyl (C=O) groups is 2. The first kappa shape index (κ1) is 19.1. The van der Waals surface area contributed by atoms with Crippen molar-refractivity contribution in [2.24, 2.45) is 0 Å². The van der Waals surface area contributed by atoms with E-state index in [1.54, 1.807) is 30.3 Å². The third-order valence-corrected chi connectivity index (χ3v) is 5.99. The van der Waals surface area contributed by atoms with Crippen molar-refractivity contribution in [2.75, 3.05) is 0 Å². The van der Waals surface area contributed by atoms with Crippen LogP contribution in [0.3, 0.4) is 0 Å². The monoisotopic (exact) mass is 473 g/mol. The smallest absolute Gasteiger partial charge is 0.293 e. The van der Waals surface area contributed by atoms with E-state index < -0.39 is 0 Å². The normalized spacial score (nSPS) is 15.6. The number of carbonyl (C=O) groups excluding carboxylic acids is 2. The molecule has 0 saturated carbocycles. The van der Waals surface area contributed by atoms with E-state index in [1.807, 2.05) is 36.4 Å². The Morgan fingerprint density at radius 3 is 2.54 bits per heavy atom. The summed E-state index contributed by atoms with van der Waals surface area (Å²) < 4.78 is 6.80. The zero-order valence-corrected chi connectivity index (χ0v) is 17.6. The van der Waals surface area contributed by atoms with Crippen LogP contribution in [0.15, 0.2) is 74.5 Å². The molecule has 0 N–H and O–H groups in total. The van der Waals surface area contributed by atoms with Crippen molar-refractivity contribution >= 4 is 56.5 Å². The van der Waals surface area contributed by atoms with Crippen molar-refractivity contribution in [2.45, 2.75) is 6.54 Å². The summed E-state index contributed by atoms with van der Waals surface area (Å²) in [6.07, 6.45) is 1.60. The molecule has 1 aliphatic rings. The number of thioether (sulfide) groups is 1. The third-order valence-electron chi connectivity index (χ3n) is 4.19. The topological polar surface area (TPSA) is 50.5 Å². The lowest BCUT2D eigenvalue weighted by Crippen LogP contribution is -2.27. The minimum absolute atomic E-state index is 0.143. The first-order valence-electron chi connectivity index (χ1n) is 8.36. The van der Waals surface area contributed by atoms with Crippen LogP contribution >= 0.6 is 39.3 Å². The summed E-state index contributed by atoms with van der Waals surface area (Å²) in [5, 5.41) is 0.201. The third kappa shape index (κ3) is 3.94. The molecule has 1 aliphatic heterocycles. The maximum absolute atomic E-state index is 12.7. The zero-order chi connectivity index (χ0) is 19.7. The molecular formula is C21H13BrClNO3S. The van der Waals surface area contributed by atoms with E-state index in [2.05, 4.69) is 15.9 Å². The zero-order valence-electron chi connectivity index (χ0n) is 14.4. The lowest BCUT2D eigenvalue weighted by Gasteiger charge is -2.13. The first-order valence-corrected chi connectivity index (χ1v) is 10.3. The predicted octanol–water partition coefficient (Wildman–Crippen LogP) is 6.60. The van der Waals surface area contributed by atoms with Gasteiger partial charge < -0.3 is 4.42 Å². The molecule has 4 rings (SSSR count). The lowest BCUT2D eigenvalue weighted by molar-refractivity contribution is -0.123. The summed E-state index contributed by atoms with van der Waals surface area (Å²) in [6, 6.07) is 18.5. The number of furan rings is 1. The molecule has 3 aromatic rings. The summed E-state index contributed by atoms with van der Waals surface area (Å²) in [5.41, 5.74) is 1.65. The van der Waals surface area contributed by atoms with E-state index in [1.165, 1.54) is 4.90 Å². The molecule has 0 radical (unpaired) electrons. The number of hydrogen-bond donors (Lipinski definition) is 0. The Bertz CT molecular complexity index is 1090. The Kier molecular flexibility index (Phi) is 5.44. The first-order chi connectivity index (χ1) is 13.5. The number of hydrogen-bond acceptors (Lipinski definition) is 4. The summed E-state index contributed by atoms with van der Waals surface area (Å²) in [4.78, 5) is 26.5. The minimum atomic E-state index is -0.350. The van der Waals surface area contributed by atoms with Gasteiger partial charge in [0, 0.05) is 21.1 Å². The van der Waals surface area contributed by atoms with E-state index in [-0.39, 0.29) is 17.7 Å². The second kappa shape index (κ2) is 7.99. The largest absolute Gasteiger partial charge is 0.457 e. The van der Waals surface area contributed by atoms with Crippen LogP contribution in [0, 0.1) is 0 Å². The van der Waals surface area contributed by atoms with E-state index in [4.69, 9.17) is 16.0 Å². The molecular weight excluding hydrogens is 462 g/mol. The van der Waals surface area contributed by atoms with Crippen LogP contribution in [0.1, 0.15) is 11.3 Å². The molecule has 2 aromatic carbocycles. The number of nitrogens with zero attached hydrogens (tertiary/aromatic N) is 1. The standard InChI is InChI=1S/C21H13BrClNO3S/c22-15-7-5-13(6-8-15)18-10-9-16(27-18)11-19-20(25)24(21(26)28-19)12-14-3-1-2-4-17(14)23/h1-11H,12H2/b19-11+. The van der Waals surface area contributed by atoms with Crippen molar-refractivity contribution < 1.29 is 14.0 Å². The van der Waals surface area contributed by atoms with Crippen molar-refractivity contribution in [3.8, 4) is 11.3 Å². The average Bonchev–Trinajstić information content (AvgIpc) is 3.24. The van der Waals surface area contributed by atoms with Gasteiger partial charge in [0.1, 0.15) is 11.5 Å². The maximum Gasteiger partial charge on any atom is 0.293 e. The van der Waals surface area contributed by atoms with Gasteiger partial charge in [-0.25, -0.2) is 0 Å². The molecule has 0 unspecified atom stereocenters. The van der Waals surface area contributed by atoms with Gasteiger partial charge in [0.05, 0.1) is 11.4 Å². The summed E-state index contributed by atoms with van der Waals surface area (Å²) in [5.74, 6) is 0.853. The van der Waals surface area contributed by atoms with Gasteiger partial charge in [-0.15, -0.1) is 0 Å². The van der Waals surface area contributed by atoms with Crippen molar-refractivity contribution in [1.29, 1.82) is 0 Å². The van der Waals surface area contributed by atoms with Crippen molar-refractivity contribution in [3.05, 3.63) is 86.4 Å². The maximum atomic E-state index is 12.7. The van der Waals surface area contributed by atoms with Crippen LogP contribution in [0.5, 0.6) is 0 Å². The Morgan fingerprint density at radius 2 is 1.79 bits per heavy atom. The van der Waals surface area contributed by atoms with Crippen LogP contribution in [0.4, 0.5) is 4.79 Å². The molecule has 28 heavy (non-hydrogen) atoms. The van der Waals surface area contributed by atoms with Gasteiger partial charge in [-0.3, -0.25) is 14.5 Å². The average molecular weight is 475 g/mol. The highest BCUT2D eigenvalue weighted by atomic mass is 79.9. The molecule has 1 aromatic heterocycles. The second-order valence-electron chi connectivity index (χ2n) is 6.07. The Morgan fingerprint density at radius 1 is 1.04 bits per heavy atom. The van der Waals surface area contributed by atoms with Crippen LogP contribution in [-0.2, 0) is 11.3 Å². The lowest BCUT2D eigenvalue weighted by atomic mass is 10.2. The van der Waals surface area contributed by atoms with Crippen LogP contribution in [0.25, 0.3) is 17.4 Å². The molecule has 1 fully saturated rings. The number of imide groups is 1. The van der Waals surface area contributed by atoms with E-state index in [0.717, 1.165) is 27.4 Å². The van der Waals surface area contributed by atoms with Gasteiger partial charge in [-0.05, 0) is 47.7 Å². The summed E-state index contributed by atoms with van der Waals surface area (Å²) in [7, 11) is 0. The molecule has 2 amide bonds. The van der Waals surface area contributed by atoms with E-state index in [0.29, 0.717) is 21.4 Å². The van der Waals surface area contributed by atoms with Crippen molar-refractivity contribution in [3.63, 3.8) is 0 Å². The van der Waals surface area contributed by atoms with Crippen LogP contribution < -0.4 is 0 Å². The molecule has 7 heteroatoms. The second-order valence-corrected chi connectivity index (χ2v) is 8.38. The Labute approximate surface area is 179 Å². The molecule has 0 aliphatic carbocycles. The van der Waals surface area contributed by atoms with Gasteiger partial charge >= 0.3 is 0 Å². The van der Waals surface area contributed by atoms with Gasteiger partial charge in [0.25, 0.3) is 11.1 Å². The molecule has 0 atom stereocenters. The van der Waals surface area contributed by atoms with E-state index >= 15 is 0 Å². The highest BCUT2D eigenvalue weighted by Crippen LogP contribution is 2.35. The number of halogens is 2. The van der Waals surface area contributed by atoms with Crippen molar-refractivity contribution in [1.82, 2.24) is 4.90 Å². The fourth-order valence-electron chi connectivity index (χ4n) is 2.76. The molecule has 1 saturated heterocycles. The van der Waals surface area contributed by atoms with Gasteiger partial charge in [-0.1, -0.05) is 57.9 Å². The fourth-order valence-corrected chi connectivity index (χ4v) is 4.04.